The Bertz CT molecular complexity index is 310. The third kappa shape index (κ3) is 14.9. The summed E-state index contributed by atoms with van der Waals surface area (Å²) >= 11 is 0. The molecule has 0 unspecified atom stereocenters. The van der Waals surface area contributed by atoms with Gasteiger partial charge in [0.05, 0.1) is 0 Å². The molecule has 0 saturated heterocycles. The Hall–Kier alpha value is 0.194. The van der Waals surface area contributed by atoms with Gasteiger partial charge in [-0.1, -0.05) is 48.0 Å². The first-order chi connectivity index (χ1) is 15.1. The van der Waals surface area contributed by atoms with Crippen molar-refractivity contribution in [1.82, 2.24) is 0 Å². The summed E-state index contributed by atoms with van der Waals surface area (Å²) in [5.41, 5.74) is 0. The lowest BCUT2D eigenvalue weighted by molar-refractivity contribution is 0.0575. The minimum Gasteiger partial charge on any atom is -0.373 e. The average Bonchev–Trinajstić information content (AvgIpc) is 2.80. The largest absolute Gasteiger partial charge is 0.500 e. The van der Waals surface area contributed by atoms with Crippen LogP contribution in [0, 0.1) is 0 Å². The van der Waals surface area contributed by atoms with Gasteiger partial charge in [0.15, 0.2) is 0 Å². The van der Waals surface area contributed by atoms with Gasteiger partial charge in [0, 0.05) is 51.7 Å². The van der Waals surface area contributed by atoms with Gasteiger partial charge in [-0.25, -0.2) is 0 Å². The first-order valence-electron chi connectivity index (χ1n) is 12.9. The standard InChI is InChI=1S/C23H52O6Si2/c1-7-16-24-30(25-17-8-2,26-18-9-3)22-14-13-15-23-31(27-19-10-4,28-20-11-5)29-21-12-6/h7-23H2,1-6H3. The zero-order chi connectivity index (χ0) is 23.3. The van der Waals surface area contributed by atoms with Crippen LogP contribution in [-0.4, -0.2) is 57.3 Å². The summed E-state index contributed by atoms with van der Waals surface area (Å²) in [6.45, 7) is 17.0. The van der Waals surface area contributed by atoms with E-state index in [9.17, 15) is 0 Å². The van der Waals surface area contributed by atoms with Gasteiger partial charge in [-0.2, -0.15) is 0 Å². The molecule has 0 bridgehead atoms. The highest BCUT2D eigenvalue weighted by Crippen LogP contribution is 2.25. The quantitative estimate of drug-likeness (QED) is 0.115. The zero-order valence-electron chi connectivity index (χ0n) is 21.5. The van der Waals surface area contributed by atoms with E-state index in [1.54, 1.807) is 0 Å². The second kappa shape index (κ2) is 20.8. The van der Waals surface area contributed by atoms with Crippen LogP contribution in [0.4, 0.5) is 0 Å². The van der Waals surface area contributed by atoms with E-state index < -0.39 is 17.6 Å². The molecule has 0 aliphatic heterocycles. The van der Waals surface area contributed by atoms with Crippen molar-refractivity contribution in [1.29, 1.82) is 0 Å². The van der Waals surface area contributed by atoms with Gasteiger partial charge in [0.2, 0.25) is 0 Å². The van der Waals surface area contributed by atoms with Crippen molar-refractivity contribution in [3.05, 3.63) is 0 Å². The maximum atomic E-state index is 6.22. The van der Waals surface area contributed by atoms with Crippen LogP contribution in [0.25, 0.3) is 0 Å². The van der Waals surface area contributed by atoms with Gasteiger partial charge in [-0.3, -0.25) is 0 Å². The minimum absolute atomic E-state index is 0.705. The van der Waals surface area contributed by atoms with Crippen LogP contribution in [0.15, 0.2) is 0 Å². The second-order valence-corrected chi connectivity index (χ2v) is 13.5. The highest BCUT2D eigenvalue weighted by atomic mass is 28.4. The Balaban J connectivity index is 4.86. The van der Waals surface area contributed by atoms with Crippen molar-refractivity contribution in [2.24, 2.45) is 0 Å². The zero-order valence-corrected chi connectivity index (χ0v) is 23.5. The minimum atomic E-state index is -2.60. The Morgan fingerprint density at radius 3 is 0.774 bits per heavy atom. The third-order valence-corrected chi connectivity index (χ3v) is 10.4. The molecule has 0 saturated carbocycles. The molecule has 188 valence electrons. The highest BCUT2D eigenvalue weighted by Gasteiger charge is 2.42. The van der Waals surface area contributed by atoms with Crippen molar-refractivity contribution in [2.45, 2.75) is 111 Å². The summed E-state index contributed by atoms with van der Waals surface area (Å²) in [5.74, 6) is 0. The van der Waals surface area contributed by atoms with E-state index in [2.05, 4.69) is 41.5 Å². The molecule has 0 fully saturated rings. The van der Waals surface area contributed by atoms with E-state index in [4.69, 9.17) is 26.6 Å². The molecular formula is C23H52O6Si2. The molecule has 31 heavy (non-hydrogen) atoms. The molecule has 6 nitrogen and oxygen atoms in total. The van der Waals surface area contributed by atoms with Crippen LogP contribution in [0.2, 0.25) is 12.1 Å². The fourth-order valence-corrected chi connectivity index (χ4v) is 8.91. The average molecular weight is 481 g/mol. The molecular weight excluding hydrogens is 428 g/mol. The predicted molar refractivity (Wildman–Crippen MR) is 132 cm³/mol. The topological polar surface area (TPSA) is 55.4 Å². The van der Waals surface area contributed by atoms with E-state index in [1.165, 1.54) is 0 Å². The molecule has 0 heterocycles. The fraction of sp³-hybridized carbons (Fsp3) is 1.00. The normalized spacial score (nSPS) is 12.6. The third-order valence-electron chi connectivity index (χ3n) is 4.62. The molecule has 0 aliphatic carbocycles. The van der Waals surface area contributed by atoms with Gasteiger partial charge in [0.1, 0.15) is 0 Å². The van der Waals surface area contributed by atoms with Crippen molar-refractivity contribution in [2.75, 3.05) is 39.6 Å². The van der Waals surface area contributed by atoms with Crippen molar-refractivity contribution in [3.63, 3.8) is 0 Å². The SMILES string of the molecule is CCCO[Si](CCCCC[Si](OCCC)(OCCC)OCCC)(OCCC)OCCC. The van der Waals surface area contributed by atoms with Crippen LogP contribution >= 0.6 is 0 Å². The van der Waals surface area contributed by atoms with E-state index in [0.29, 0.717) is 39.6 Å². The number of unbranched alkanes of at least 4 members (excludes halogenated alkanes) is 2. The Morgan fingerprint density at radius 1 is 0.355 bits per heavy atom. The molecule has 0 radical (unpaired) electrons. The first kappa shape index (κ1) is 31.2. The van der Waals surface area contributed by atoms with Crippen LogP contribution < -0.4 is 0 Å². The van der Waals surface area contributed by atoms with Crippen molar-refractivity contribution < 1.29 is 26.6 Å². The second-order valence-electron chi connectivity index (χ2n) is 8.02. The molecule has 0 aliphatic rings. The lowest BCUT2D eigenvalue weighted by Crippen LogP contribution is -2.47. The molecule has 0 rings (SSSR count). The van der Waals surface area contributed by atoms with E-state index in [1.807, 2.05) is 0 Å². The lowest BCUT2D eigenvalue weighted by atomic mass is 10.3. The smallest absolute Gasteiger partial charge is 0.373 e. The maximum Gasteiger partial charge on any atom is 0.500 e. The van der Waals surface area contributed by atoms with E-state index in [-0.39, 0.29) is 0 Å². The highest BCUT2D eigenvalue weighted by molar-refractivity contribution is 6.61. The summed E-state index contributed by atoms with van der Waals surface area (Å²) < 4.78 is 37.3. The molecule has 0 atom stereocenters. The van der Waals surface area contributed by atoms with Gasteiger partial charge in [0.25, 0.3) is 0 Å². The van der Waals surface area contributed by atoms with Crippen molar-refractivity contribution >= 4 is 17.6 Å². The van der Waals surface area contributed by atoms with Crippen LogP contribution in [0.3, 0.4) is 0 Å². The summed E-state index contributed by atoms with van der Waals surface area (Å²) in [6, 6.07) is 1.76. The Morgan fingerprint density at radius 2 is 0.581 bits per heavy atom. The summed E-state index contributed by atoms with van der Waals surface area (Å²) in [5, 5.41) is 0. The fourth-order valence-electron chi connectivity index (χ4n) is 3.09. The first-order valence-corrected chi connectivity index (χ1v) is 16.8. The summed E-state index contributed by atoms with van der Waals surface area (Å²) in [4.78, 5) is 0. The maximum absolute atomic E-state index is 6.22. The Kier molecular flexibility index (Phi) is 20.9. The number of rotatable bonds is 24. The number of hydrogen-bond acceptors (Lipinski definition) is 6. The molecule has 0 N–H and O–H groups in total. The van der Waals surface area contributed by atoms with Gasteiger partial charge >= 0.3 is 17.6 Å². The predicted octanol–water partition coefficient (Wildman–Crippen LogP) is 6.59. The summed E-state index contributed by atoms with van der Waals surface area (Å²) in [6.07, 6.45) is 9.01. The molecule has 0 aromatic carbocycles. The molecule has 0 spiro atoms. The molecule has 8 heteroatoms. The van der Waals surface area contributed by atoms with Gasteiger partial charge in [-0.05, 0) is 51.4 Å². The van der Waals surface area contributed by atoms with Crippen LogP contribution in [0.5, 0.6) is 0 Å². The van der Waals surface area contributed by atoms with Crippen LogP contribution in [-0.2, 0) is 26.6 Å². The molecule has 0 aromatic heterocycles. The van der Waals surface area contributed by atoms with E-state index in [0.717, 1.165) is 69.9 Å². The molecule has 0 amide bonds. The lowest BCUT2D eigenvalue weighted by Gasteiger charge is -2.30. The van der Waals surface area contributed by atoms with Gasteiger partial charge in [-0.15, -0.1) is 0 Å². The van der Waals surface area contributed by atoms with Crippen molar-refractivity contribution in [3.8, 4) is 0 Å². The molecule has 0 aromatic rings. The Labute approximate surface area is 195 Å². The van der Waals surface area contributed by atoms with Gasteiger partial charge < -0.3 is 26.6 Å². The monoisotopic (exact) mass is 480 g/mol. The number of hydrogen-bond donors (Lipinski definition) is 0. The van der Waals surface area contributed by atoms with E-state index >= 15 is 0 Å². The van der Waals surface area contributed by atoms with Crippen LogP contribution in [0.1, 0.15) is 99.3 Å². The summed E-state index contributed by atoms with van der Waals surface area (Å²) in [7, 11) is -5.20.